The molecule has 0 saturated heterocycles. The number of nitriles is 1. The van der Waals surface area contributed by atoms with Crippen molar-refractivity contribution >= 4 is 10.8 Å². The highest BCUT2D eigenvalue weighted by Gasteiger charge is 2.06. The Morgan fingerprint density at radius 3 is 2.75 bits per heavy atom. The highest BCUT2D eigenvalue weighted by atomic mass is 16.5. The number of rotatable bonds is 7. The fourth-order valence-electron chi connectivity index (χ4n) is 2.08. The van der Waals surface area contributed by atoms with Crippen LogP contribution in [0.15, 0.2) is 42.5 Å². The number of nitrogens with zero attached hydrogens (tertiary/aromatic N) is 1. The lowest BCUT2D eigenvalue weighted by Crippen LogP contribution is -2.29. The summed E-state index contributed by atoms with van der Waals surface area (Å²) in [6.07, 6.45) is 1.73. The molecule has 0 radical (unpaired) electrons. The van der Waals surface area contributed by atoms with Gasteiger partial charge in [-0.2, -0.15) is 5.26 Å². The van der Waals surface area contributed by atoms with E-state index in [1.165, 1.54) is 10.8 Å². The second-order valence-corrected chi connectivity index (χ2v) is 4.78. The fourth-order valence-corrected chi connectivity index (χ4v) is 2.08. The minimum atomic E-state index is -0.129. The van der Waals surface area contributed by atoms with E-state index in [4.69, 9.17) is 10.00 Å². The maximum atomic E-state index is 9.02. The van der Waals surface area contributed by atoms with E-state index in [9.17, 15) is 0 Å². The molecule has 1 atom stereocenters. The molecule has 0 aliphatic heterocycles. The number of hydrogen-bond acceptors (Lipinski definition) is 3. The van der Waals surface area contributed by atoms with Crippen molar-refractivity contribution in [3.63, 3.8) is 0 Å². The largest absolute Gasteiger partial charge is 0.493 e. The van der Waals surface area contributed by atoms with Crippen LogP contribution in [0.4, 0.5) is 0 Å². The zero-order chi connectivity index (χ0) is 14.2. The predicted octanol–water partition coefficient (Wildman–Crippen LogP) is 3.50. The highest BCUT2D eigenvalue weighted by molar-refractivity contribution is 5.83. The maximum Gasteiger partial charge on any atom is 0.119 e. The Bertz CT molecular complexity index is 589. The molecule has 2 rings (SSSR count). The van der Waals surface area contributed by atoms with E-state index in [0.717, 1.165) is 18.7 Å². The van der Waals surface area contributed by atoms with Crippen molar-refractivity contribution in [2.45, 2.75) is 25.8 Å². The quantitative estimate of drug-likeness (QED) is 0.836. The number of nitrogens with one attached hydrogen (secondary N) is 1. The Hall–Kier alpha value is -2.05. The molecular formula is C17H20N2O. The minimum Gasteiger partial charge on any atom is -0.493 e. The number of fused-ring (bicyclic) bond motifs is 1. The first-order valence-corrected chi connectivity index (χ1v) is 7.08. The SMILES string of the molecule is CCCNC(C#N)CCOc1ccc2ccccc2c1. The van der Waals surface area contributed by atoms with Gasteiger partial charge in [0, 0.05) is 6.42 Å². The summed E-state index contributed by atoms with van der Waals surface area (Å²) < 4.78 is 5.74. The first-order chi connectivity index (χ1) is 9.83. The molecule has 0 aromatic heterocycles. The minimum absolute atomic E-state index is 0.129. The highest BCUT2D eigenvalue weighted by Crippen LogP contribution is 2.20. The summed E-state index contributed by atoms with van der Waals surface area (Å²) >= 11 is 0. The fraction of sp³-hybridized carbons (Fsp3) is 0.353. The van der Waals surface area contributed by atoms with Crippen molar-refractivity contribution in [2.75, 3.05) is 13.2 Å². The van der Waals surface area contributed by atoms with E-state index in [1.54, 1.807) is 0 Å². The first kappa shape index (κ1) is 14.4. The standard InChI is InChI=1S/C17H20N2O/c1-2-10-19-16(13-18)9-11-20-17-8-7-14-5-3-4-6-15(14)12-17/h3-8,12,16,19H,2,9-11H2,1H3. The Balaban J connectivity index is 1.87. The van der Waals surface area contributed by atoms with Crippen molar-refractivity contribution in [3.8, 4) is 11.8 Å². The maximum absolute atomic E-state index is 9.02. The summed E-state index contributed by atoms with van der Waals surface area (Å²) in [4.78, 5) is 0. The van der Waals surface area contributed by atoms with Crippen LogP contribution >= 0.6 is 0 Å². The van der Waals surface area contributed by atoms with E-state index in [0.29, 0.717) is 13.0 Å². The second-order valence-electron chi connectivity index (χ2n) is 4.78. The van der Waals surface area contributed by atoms with Crippen LogP contribution in [-0.4, -0.2) is 19.2 Å². The normalized spacial score (nSPS) is 12.0. The zero-order valence-electron chi connectivity index (χ0n) is 11.8. The molecule has 0 heterocycles. The van der Waals surface area contributed by atoms with Crippen LogP contribution in [0, 0.1) is 11.3 Å². The predicted molar refractivity (Wildman–Crippen MR) is 81.8 cm³/mol. The van der Waals surface area contributed by atoms with Gasteiger partial charge in [0.05, 0.1) is 18.7 Å². The third-order valence-electron chi connectivity index (χ3n) is 3.19. The van der Waals surface area contributed by atoms with Crippen molar-refractivity contribution in [1.29, 1.82) is 5.26 Å². The van der Waals surface area contributed by atoms with Gasteiger partial charge in [-0.15, -0.1) is 0 Å². The topological polar surface area (TPSA) is 45.0 Å². The van der Waals surface area contributed by atoms with Gasteiger partial charge in [0.15, 0.2) is 0 Å². The van der Waals surface area contributed by atoms with Crippen LogP contribution in [0.1, 0.15) is 19.8 Å². The molecule has 1 N–H and O–H groups in total. The molecule has 0 aliphatic carbocycles. The molecule has 104 valence electrons. The molecule has 0 spiro atoms. The first-order valence-electron chi connectivity index (χ1n) is 7.08. The van der Waals surface area contributed by atoms with Crippen molar-refractivity contribution in [2.24, 2.45) is 0 Å². The Morgan fingerprint density at radius 2 is 2.00 bits per heavy atom. The second kappa shape index (κ2) is 7.52. The summed E-state index contributed by atoms with van der Waals surface area (Å²) in [5.41, 5.74) is 0. The van der Waals surface area contributed by atoms with E-state index < -0.39 is 0 Å². The molecule has 3 nitrogen and oxygen atoms in total. The molecule has 20 heavy (non-hydrogen) atoms. The van der Waals surface area contributed by atoms with Crippen LogP contribution in [0.5, 0.6) is 5.75 Å². The van der Waals surface area contributed by atoms with E-state index in [2.05, 4.69) is 36.5 Å². The lowest BCUT2D eigenvalue weighted by atomic mass is 10.1. The Labute approximate surface area is 120 Å². The third kappa shape index (κ3) is 3.97. The molecule has 2 aromatic rings. The zero-order valence-corrected chi connectivity index (χ0v) is 11.8. The van der Waals surface area contributed by atoms with Gasteiger partial charge < -0.3 is 10.1 Å². The van der Waals surface area contributed by atoms with Gasteiger partial charge >= 0.3 is 0 Å². The molecule has 0 bridgehead atoms. The van der Waals surface area contributed by atoms with Gasteiger partial charge in [-0.25, -0.2) is 0 Å². The van der Waals surface area contributed by atoms with Crippen LogP contribution in [-0.2, 0) is 0 Å². The summed E-state index contributed by atoms with van der Waals surface area (Å²) in [6.45, 7) is 3.51. The monoisotopic (exact) mass is 268 g/mol. The summed E-state index contributed by atoms with van der Waals surface area (Å²) in [7, 11) is 0. The lowest BCUT2D eigenvalue weighted by molar-refractivity contribution is 0.298. The van der Waals surface area contributed by atoms with Crippen molar-refractivity contribution in [1.82, 2.24) is 5.32 Å². The molecule has 0 saturated carbocycles. The van der Waals surface area contributed by atoms with E-state index in [1.807, 2.05) is 24.3 Å². The van der Waals surface area contributed by atoms with Gasteiger partial charge in [-0.3, -0.25) is 0 Å². The third-order valence-corrected chi connectivity index (χ3v) is 3.19. The number of hydrogen-bond donors (Lipinski definition) is 1. The van der Waals surface area contributed by atoms with Gasteiger partial charge in [-0.05, 0) is 35.9 Å². The van der Waals surface area contributed by atoms with E-state index in [-0.39, 0.29) is 6.04 Å². The molecule has 1 unspecified atom stereocenters. The lowest BCUT2D eigenvalue weighted by Gasteiger charge is -2.12. The summed E-state index contributed by atoms with van der Waals surface area (Å²) in [6, 6.07) is 16.4. The average Bonchev–Trinajstić information content (AvgIpc) is 2.50. The van der Waals surface area contributed by atoms with Gasteiger partial charge in [0.1, 0.15) is 5.75 Å². The van der Waals surface area contributed by atoms with Gasteiger partial charge in [-0.1, -0.05) is 37.3 Å². The summed E-state index contributed by atoms with van der Waals surface area (Å²) in [5.74, 6) is 0.857. The van der Waals surface area contributed by atoms with E-state index >= 15 is 0 Å². The van der Waals surface area contributed by atoms with Crippen LogP contribution in [0.2, 0.25) is 0 Å². The number of benzene rings is 2. The van der Waals surface area contributed by atoms with Crippen molar-refractivity contribution in [3.05, 3.63) is 42.5 Å². The molecule has 0 fully saturated rings. The van der Waals surface area contributed by atoms with Gasteiger partial charge in [0.2, 0.25) is 0 Å². The molecule has 2 aromatic carbocycles. The van der Waals surface area contributed by atoms with Gasteiger partial charge in [0.25, 0.3) is 0 Å². The molecule has 0 aliphatic rings. The Morgan fingerprint density at radius 1 is 1.20 bits per heavy atom. The average molecular weight is 268 g/mol. The smallest absolute Gasteiger partial charge is 0.119 e. The molecular weight excluding hydrogens is 248 g/mol. The van der Waals surface area contributed by atoms with Crippen LogP contribution in [0.3, 0.4) is 0 Å². The Kier molecular flexibility index (Phi) is 5.40. The number of ether oxygens (including phenoxy) is 1. The molecule has 0 amide bonds. The van der Waals surface area contributed by atoms with Crippen LogP contribution in [0.25, 0.3) is 10.8 Å². The molecule has 3 heteroatoms. The summed E-state index contributed by atoms with van der Waals surface area (Å²) in [5, 5.41) is 14.6. The van der Waals surface area contributed by atoms with Crippen LogP contribution < -0.4 is 10.1 Å². The van der Waals surface area contributed by atoms with Crippen molar-refractivity contribution < 1.29 is 4.74 Å².